The number of rotatable bonds is 7. The molecule has 7 nitrogen and oxygen atoms in total. The summed E-state index contributed by atoms with van der Waals surface area (Å²) in [4.78, 5) is 25.6. The van der Waals surface area contributed by atoms with Gasteiger partial charge in [0.25, 0.3) is 0 Å². The number of ketones is 1. The number of nitrogens with zero attached hydrogens (tertiary/aromatic N) is 2. The molecule has 1 aliphatic rings. The first-order chi connectivity index (χ1) is 16.0. The van der Waals surface area contributed by atoms with Gasteiger partial charge in [0.1, 0.15) is 5.15 Å². The smallest absolute Gasteiger partial charge is 0.347 e. The number of hydrogen-bond acceptors (Lipinski definition) is 6. The zero-order valence-corrected chi connectivity index (χ0v) is 18.9. The molecule has 0 saturated carbocycles. The Balaban J connectivity index is 1.65. The predicted octanol–water partition coefficient (Wildman–Crippen LogP) is 4.72. The van der Waals surface area contributed by atoms with Crippen molar-refractivity contribution in [2.75, 3.05) is 11.9 Å². The zero-order chi connectivity index (χ0) is 23.4. The van der Waals surface area contributed by atoms with Crippen LogP contribution in [0.4, 0.5) is 5.69 Å². The van der Waals surface area contributed by atoms with Crippen LogP contribution in [0, 0.1) is 6.92 Å². The third kappa shape index (κ3) is 4.83. The van der Waals surface area contributed by atoms with Crippen molar-refractivity contribution in [3.05, 3.63) is 99.9 Å². The van der Waals surface area contributed by atoms with E-state index in [9.17, 15) is 9.59 Å². The number of aromatic nitrogens is 2. The van der Waals surface area contributed by atoms with Gasteiger partial charge in [0.2, 0.25) is 11.7 Å². The highest BCUT2D eigenvalue weighted by Crippen LogP contribution is 2.31. The molecule has 1 aliphatic heterocycles. The molecule has 0 amide bonds. The normalized spacial score (nSPS) is 14.5. The summed E-state index contributed by atoms with van der Waals surface area (Å²) in [6, 6.07) is 18.9. The summed E-state index contributed by atoms with van der Waals surface area (Å²) in [6.07, 6.45) is 1.51. The highest BCUT2D eigenvalue weighted by atomic mass is 35.5. The van der Waals surface area contributed by atoms with Gasteiger partial charge in [0.15, 0.2) is 11.3 Å². The minimum absolute atomic E-state index is 0.0151. The van der Waals surface area contributed by atoms with Crippen LogP contribution in [0.5, 0.6) is 0 Å². The number of para-hydroxylation sites is 1. The lowest BCUT2D eigenvalue weighted by molar-refractivity contribution is -0.139. The summed E-state index contributed by atoms with van der Waals surface area (Å²) >= 11 is 6.59. The molecule has 1 aromatic heterocycles. The molecule has 0 aliphatic carbocycles. The van der Waals surface area contributed by atoms with Crippen molar-refractivity contribution in [2.24, 2.45) is 0 Å². The number of allylic oxidation sites excluding steroid dienone is 1. The molecule has 0 saturated heterocycles. The Morgan fingerprint density at radius 3 is 2.48 bits per heavy atom. The molecule has 8 heteroatoms. The van der Waals surface area contributed by atoms with Crippen molar-refractivity contribution in [3.8, 4) is 0 Å². The van der Waals surface area contributed by atoms with Crippen molar-refractivity contribution >= 4 is 35.1 Å². The van der Waals surface area contributed by atoms with Crippen LogP contribution >= 0.6 is 11.6 Å². The molecule has 2 aromatic carbocycles. The number of hydrogen-bond donors (Lipinski definition) is 1. The standard InChI is InChI=1S/C25H22ClN3O4/c1-3-32-25(31)21-22(30)20(33-24(21)27-18-12-8-5-9-13-18)14-19-16(2)28-29(23(19)26)15-17-10-6-4-7-11-17/h4-14,27H,3,15H2,1-2H3. The fourth-order valence-electron chi connectivity index (χ4n) is 3.38. The van der Waals surface area contributed by atoms with E-state index in [2.05, 4.69) is 10.4 Å². The second kappa shape index (κ2) is 9.75. The molecule has 4 rings (SSSR count). The lowest BCUT2D eigenvalue weighted by Crippen LogP contribution is -2.16. The summed E-state index contributed by atoms with van der Waals surface area (Å²) < 4.78 is 12.5. The monoisotopic (exact) mass is 463 g/mol. The second-order valence-electron chi connectivity index (χ2n) is 7.29. The fraction of sp³-hybridized carbons (Fsp3) is 0.160. The number of aryl methyl sites for hydroxylation is 1. The highest BCUT2D eigenvalue weighted by Gasteiger charge is 2.37. The lowest BCUT2D eigenvalue weighted by Gasteiger charge is -2.08. The molecular weight excluding hydrogens is 442 g/mol. The summed E-state index contributed by atoms with van der Waals surface area (Å²) in [7, 11) is 0. The van der Waals surface area contributed by atoms with E-state index in [-0.39, 0.29) is 23.8 Å². The van der Waals surface area contributed by atoms with E-state index < -0.39 is 11.8 Å². The molecule has 0 fully saturated rings. The first-order valence-corrected chi connectivity index (χ1v) is 10.8. The Morgan fingerprint density at radius 1 is 1.15 bits per heavy atom. The van der Waals surface area contributed by atoms with E-state index in [0.29, 0.717) is 28.6 Å². The van der Waals surface area contributed by atoms with Gasteiger partial charge in [-0.1, -0.05) is 60.1 Å². The summed E-state index contributed by atoms with van der Waals surface area (Å²) in [5, 5.41) is 7.84. The number of carbonyl (C=O) groups excluding carboxylic acids is 2. The van der Waals surface area contributed by atoms with E-state index in [1.807, 2.05) is 48.5 Å². The van der Waals surface area contributed by atoms with Crippen LogP contribution in [0.15, 0.2) is 77.9 Å². The molecule has 0 unspecified atom stereocenters. The van der Waals surface area contributed by atoms with Gasteiger partial charge < -0.3 is 14.8 Å². The number of carbonyl (C=O) groups is 2. The number of nitrogens with one attached hydrogen (secondary N) is 1. The minimum atomic E-state index is -0.757. The van der Waals surface area contributed by atoms with Crippen molar-refractivity contribution < 1.29 is 19.1 Å². The molecule has 0 atom stereocenters. The quantitative estimate of drug-likeness (QED) is 0.310. The van der Waals surface area contributed by atoms with Crippen LogP contribution in [-0.2, 0) is 25.6 Å². The SMILES string of the molecule is CCOC(=O)C1=C(Nc2ccccc2)OC(=Cc2c(C)nn(Cc3ccccc3)c2Cl)C1=O. The Morgan fingerprint density at radius 2 is 1.82 bits per heavy atom. The zero-order valence-electron chi connectivity index (χ0n) is 18.2. The summed E-state index contributed by atoms with van der Waals surface area (Å²) in [6.45, 7) is 4.07. The van der Waals surface area contributed by atoms with Crippen molar-refractivity contribution in [2.45, 2.75) is 20.4 Å². The van der Waals surface area contributed by atoms with Gasteiger partial charge in [0, 0.05) is 11.3 Å². The number of benzene rings is 2. The molecule has 2 heterocycles. The molecular formula is C25H22ClN3O4. The van der Waals surface area contributed by atoms with Gasteiger partial charge in [-0.3, -0.25) is 4.79 Å². The number of halogens is 1. The van der Waals surface area contributed by atoms with Crippen LogP contribution in [0.25, 0.3) is 6.08 Å². The molecule has 168 valence electrons. The Kier molecular flexibility index (Phi) is 6.60. The molecule has 3 aromatic rings. The van der Waals surface area contributed by atoms with Gasteiger partial charge >= 0.3 is 5.97 Å². The summed E-state index contributed by atoms with van der Waals surface area (Å²) in [5.41, 5.74) is 2.67. The lowest BCUT2D eigenvalue weighted by atomic mass is 10.1. The maximum atomic E-state index is 13.1. The van der Waals surface area contributed by atoms with Gasteiger partial charge in [0.05, 0.1) is 18.8 Å². The number of ether oxygens (including phenoxy) is 2. The summed E-state index contributed by atoms with van der Waals surface area (Å²) in [5.74, 6) is -1.37. The maximum Gasteiger partial charge on any atom is 0.347 e. The molecule has 0 bridgehead atoms. The number of anilines is 1. The van der Waals surface area contributed by atoms with E-state index >= 15 is 0 Å². The first-order valence-electron chi connectivity index (χ1n) is 10.4. The maximum absolute atomic E-state index is 13.1. The average molecular weight is 464 g/mol. The van der Waals surface area contributed by atoms with Crippen molar-refractivity contribution in [3.63, 3.8) is 0 Å². The van der Waals surface area contributed by atoms with E-state index in [4.69, 9.17) is 21.1 Å². The molecule has 0 radical (unpaired) electrons. The molecule has 0 spiro atoms. The highest BCUT2D eigenvalue weighted by molar-refractivity contribution is 6.32. The third-order valence-electron chi connectivity index (χ3n) is 4.96. The number of Topliss-reactive ketones (excluding diaryl/α,β-unsaturated/α-hetero) is 1. The second-order valence-corrected chi connectivity index (χ2v) is 7.65. The Bertz CT molecular complexity index is 1250. The van der Waals surface area contributed by atoms with Crippen LogP contribution in [-0.4, -0.2) is 28.1 Å². The Labute approximate surface area is 196 Å². The van der Waals surface area contributed by atoms with Crippen molar-refractivity contribution in [1.82, 2.24) is 9.78 Å². The fourth-order valence-corrected chi connectivity index (χ4v) is 3.67. The van der Waals surface area contributed by atoms with E-state index in [1.165, 1.54) is 6.08 Å². The third-order valence-corrected chi connectivity index (χ3v) is 5.36. The average Bonchev–Trinajstić information content (AvgIpc) is 3.25. The van der Waals surface area contributed by atoms with Gasteiger partial charge in [-0.15, -0.1) is 0 Å². The minimum Gasteiger partial charge on any atom is -0.462 e. The number of esters is 1. The molecule has 1 N–H and O–H groups in total. The van der Waals surface area contributed by atoms with Crippen LogP contribution < -0.4 is 5.32 Å². The van der Waals surface area contributed by atoms with E-state index in [0.717, 1.165) is 5.56 Å². The van der Waals surface area contributed by atoms with E-state index in [1.54, 1.807) is 30.7 Å². The molecule has 33 heavy (non-hydrogen) atoms. The topological polar surface area (TPSA) is 82.4 Å². The van der Waals surface area contributed by atoms with Gasteiger partial charge in [-0.2, -0.15) is 5.10 Å². The van der Waals surface area contributed by atoms with Crippen LogP contribution in [0.2, 0.25) is 5.15 Å². The largest absolute Gasteiger partial charge is 0.462 e. The first kappa shape index (κ1) is 22.4. The van der Waals surface area contributed by atoms with Crippen LogP contribution in [0.1, 0.15) is 23.7 Å². The van der Waals surface area contributed by atoms with Crippen molar-refractivity contribution in [1.29, 1.82) is 0 Å². The van der Waals surface area contributed by atoms with Crippen LogP contribution in [0.3, 0.4) is 0 Å². The Hall–Kier alpha value is -3.84. The van der Waals surface area contributed by atoms with Gasteiger partial charge in [-0.05, 0) is 37.6 Å². The van der Waals surface area contributed by atoms with Gasteiger partial charge in [-0.25, -0.2) is 9.48 Å². The predicted molar refractivity (Wildman–Crippen MR) is 125 cm³/mol.